The van der Waals surface area contributed by atoms with Crippen molar-refractivity contribution >= 4 is 16.9 Å². The molecule has 5 heterocycles. The molecular formula is C31H31N3O8. The lowest BCUT2D eigenvalue weighted by atomic mass is 9.83. The highest BCUT2D eigenvalue weighted by atomic mass is 16.5. The number of rotatable bonds is 7. The summed E-state index contributed by atoms with van der Waals surface area (Å²) in [6.07, 6.45) is 0.642. The normalized spacial score (nSPS) is 18.8. The fourth-order valence-corrected chi connectivity index (χ4v) is 6.39. The fourth-order valence-electron chi connectivity index (χ4n) is 6.39. The first kappa shape index (κ1) is 27.5. The van der Waals surface area contributed by atoms with Gasteiger partial charge in [-0.25, -0.2) is 0 Å². The molecule has 0 saturated carbocycles. The van der Waals surface area contributed by atoms with E-state index in [1.165, 1.54) is 20.3 Å². The van der Waals surface area contributed by atoms with Crippen LogP contribution in [0.2, 0.25) is 0 Å². The zero-order valence-corrected chi connectivity index (χ0v) is 23.3. The van der Waals surface area contributed by atoms with Gasteiger partial charge in [0.25, 0.3) is 11.1 Å². The highest BCUT2D eigenvalue weighted by Crippen LogP contribution is 2.37. The number of hydrogen-bond acceptors (Lipinski definition) is 9. The molecule has 1 saturated heterocycles. The summed E-state index contributed by atoms with van der Waals surface area (Å²) < 4.78 is 18.1. The Balaban J connectivity index is 1.36. The first-order valence-electron chi connectivity index (χ1n) is 13.8. The van der Waals surface area contributed by atoms with Gasteiger partial charge in [-0.15, -0.1) is 0 Å². The maximum atomic E-state index is 13.3. The predicted octanol–water partition coefficient (Wildman–Crippen LogP) is 2.67. The van der Waals surface area contributed by atoms with Gasteiger partial charge >= 0.3 is 5.97 Å². The van der Waals surface area contributed by atoms with E-state index in [4.69, 9.17) is 13.9 Å². The highest BCUT2D eigenvalue weighted by molar-refractivity contribution is 5.81. The Morgan fingerprint density at radius 3 is 2.71 bits per heavy atom. The Hall–Kier alpha value is -4.64. The summed E-state index contributed by atoms with van der Waals surface area (Å²) in [7, 11) is 2.75. The van der Waals surface area contributed by atoms with Crippen LogP contribution in [0.15, 0.2) is 67.3 Å². The molecule has 6 rings (SSSR count). The smallest absolute Gasteiger partial charge is 0.306 e. The third kappa shape index (κ3) is 5.11. The Morgan fingerprint density at radius 2 is 1.93 bits per heavy atom. The van der Waals surface area contributed by atoms with Crippen molar-refractivity contribution in [3.8, 4) is 11.5 Å². The molecule has 42 heavy (non-hydrogen) atoms. The molecule has 1 fully saturated rings. The molecule has 0 amide bonds. The summed E-state index contributed by atoms with van der Waals surface area (Å²) in [4.78, 5) is 56.1. The number of pyridine rings is 2. The molecule has 3 atom stereocenters. The van der Waals surface area contributed by atoms with Crippen molar-refractivity contribution in [1.29, 1.82) is 0 Å². The fraction of sp³-hybridized carbons (Fsp3) is 0.355. The van der Waals surface area contributed by atoms with Crippen molar-refractivity contribution < 1.29 is 23.8 Å². The molecule has 0 spiro atoms. The lowest BCUT2D eigenvalue weighted by Crippen LogP contribution is -2.46. The number of nitrogens with zero attached hydrogens (tertiary/aromatic N) is 2. The maximum absolute atomic E-state index is 13.3. The van der Waals surface area contributed by atoms with Crippen molar-refractivity contribution in [2.24, 2.45) is 5.92 Å². The largest absolute Gasteiger partial charge is 0.502 e. The Kier molecular flexibility index (Phi) is 7.19. The van der Waals surface area contributed by atoms with Gasteiger partial charge in [0, 0.05) is 55.0 Å². The van der Waals surface area contributed by atoms with Crippen molar-refractivity contribution in [2.75, 3.05) is 27.3 Å². The minimum atomic E-state index is -1.08. The summed E-state index contributed by atoms with van der Waals surface area (Å²) in [6, 6.07) is 13.4. The third-order valence-corrected chi connectivity index (χ3v) is 8.31. The first-order valence-corrected chi connectivity index (χ1v) is 13.8. The summed E-state index contributed by atoms with van der Waals surface area (Å²) in [5.41, 5.74) is 0.501. The number of nitrogens with one attached hydrogen (secondary N) is 1. The number of benzene rings is 1. The van der Waals surface area contributed by atoms with Crippen LogP contribution in [0.1, 0.15) is 47.5 Å². The lowest BCUT2D eigenvalue weighted by molar-refractivity contribution is -0.140. The summed E-state index contributed by atoms with van der Waals surface area (Å²) in [5, 5.41) is 11.5. The molecule has 0 aliphatic carbocycles. The zero-order chi connectivity index (χ0) is 29.5. The van der Waals surface area contributed by atoms with Gasteiger partial charge in [0.1, 0.15) is 11.5 Å². The number of aromatic nitrogens is 2. The van der Waals surface area contributed by atoms with Gasteiger partial charge in [-0.2, -0.15) is 0 Å². The van der Waals surface area contributed by atoms with Gasteiger partial charge in [0.15, 0.2) is 5.76 Å². The molecule has 11 nitrogen and oxygen atoms in total. The monoisotopic (exact) mass is 573 g/mol. The number of ether oxygens (including phenoxy) is 2. The quantitative estimate of drug-likeness (QED) is 0.319. The average Bonchev–Trinajstić information content (AvgIpc) is 2.97. The number of carbonyl (C=O) groups excluding carboxylic acids is 1. The average molecular weight is 574 g/mol. The number of aromatic hydroxyl groups is 1. The summed E-state index contributed by atoms with van der Waals surface area (Å²) >= 11 is 0. The van der Waals surface area contributed by atoms with E-state index in [1.54, 1.807) is 36.4 Å². The third-order valence-electron chi connectivity index (χ3n) is 8.31. The first-order chi connectivity index (χ1) is 20.2. The van der Waals surface area contributed by atoms with Crippen molar-refractivity contribution in [2.45, 2.75) is 37.8 Å². The molecule has 2 bridgehead atoms. The molecule has 4 aromatic rings. The number of carbonyl (C=O) groups is 1. The van der Waals surface area contributed by atoms with E-state index in [9.17, 15) is 24.3 Å². The Bertz CT molecular complexity index is 1860. The highest BCUT2D eigenvalue weighted by Gasteiger charge is 2.35. The number of piperidine rings is 1. The number of methoxy groups -OCH3 is 2. The van der Waals surface area contributed by atoms with Gasteiger partial charge in [-0.05, 0) is 42.0 Å². The lowest BCUT2D eigenvalue weighted by Gasteiger charge is -2.42. The molecule has 2 N–H and O–H groups in total. The molecule has 2 aliphatic rings. The van der Waals surface area contributed by atoms with E-state index in [1.807, 2.05) is 10.6 Å². The number of aromatic amines is 1. The molecule has 0 radical (unpaired) electrons. The van der Waals surface area contributed by atoms with Crippen LogP contribution in [0.5, 0.6) is 11.5 Å². The molecule has 218 valence electrons. The Labute approximate surface area is 239 Å². The van der Waals surface area contributed by atoms with Crippen LogP contribution in [0.25, 0.3) is 10.9 Å². The van der Waals surface area contributed by atoms with E-state index >= 15 is 0 Å². The van der Waals surface area contributed by atoms with Gasteiger partial charge in [0.2, 0.25) is 11.2 Å². The SMILES string of the molecule is COC(=O)C[C@H](c1oc(CN2C[C@@H]3C[C@H](C2)c2cccc(=O)n2C3)cc(=O)c1O)c1cc2ccc(OC)cc2[nH]c1=O. The molecular weight excluding hydrogens is 542 g/mol. The van der Waals surface area contributed by atoms with Crippen LogP contribution >= 0.6 is 0 Å². The second-order valence-electron chi connectivity index (χ2n) is 11.0. The van der Waals surface area contributed by atoms with E-state index < -0.39 is 28.6 Å². The molecule has 11 heteroatoms. The van der Waals surface area contributed by atoms with Gasteiger partial charge in [-0.1, -0.05) is 6.07 Å². The predicted molar refractivity (Wildman–Crippen MR) is 153 cm³/mol. The Morgan fingerprint density at radius 1 is 1.10 bits per heavy atom. The van der Waals surface area contributed by atoms with Crippen molar-refractivity contribution in [3.63, 3.8) is 0 Å². The van der Waals surface area contributed by atoms with Crippen molar-refractivity contribution in [3.05, 3.63) is 102 Å². The van der Waals surface area contributed by atoms with Crippen LogP contribution in [0.3, 0.4) is 0 Å². The topological polar surface area (TPSA) is 144 Å². The molecule has 3 aromatic heterocycles. The van der Waals surface area contributed by atoms with E-state index in [-0.39, 0.29) is 41.7 Å². The van der Waals surface area contributed by atoms with Crippen LogP contribution in [0, 0.1) is 5.92 Å². The van der Waals surface area contributed by atoms with E-state index in [2.05, 4.69) is 9.88 Å². The second-order valence-corrected chi connectivity index (χ2v) is 11.0. The van der Waals surface area contributed by atoms with E-state index in [0.717, 1.165) is 12.1 Å². The van der Waals surface area contributed by atoms with Crippen LogP contribution in [0.4, 0.5) is 0 Å². The number of esters is 1. The number of likely N-dealkylation sites (tertiary alicyclic amines) is 1. The standard InChI is InChI=1S/C31H31N3O8/c1-40-20-7-6-18-9-23(31(39)32-24(18)10-20)22(12-28(37)41-2)30-29(38)26(35)11-21(42-30)16-33-13-17-8-19(15-33)25-4-3-5-27(36)34(25)14-17/h3-7,9-11,17,19,22,38H,8,12-16H2,1-2H3,(H,32,39)/t17-,19+,22-/m0/s1. The molecule has 1 aromatic carbocycles. The number of fused-ring (bicyclic) bond motifs is 5. The minimum absolute atomic E-state index is 0.00397. The number of hydrogen-bond donors (Lipinski definition) is 2. The maximum Gasteiger partial charge on any atom is 0.306 e. The summed E-state index contributed by atoms with van der Waals surface area (Å²) in [5.74, 6) is -1.26. The minimum Gasteiger partial charge on any atom is -0.502 e. The van der Waals surface area contributed by atoms with Crippen molar-refractivity contribution in [1.82, 2.24) is 14.5 Å². The van der Waals surface area contributed by atoms with Gasteiger partial charge in [0.05, 0.1) is 38.6 Å². The van der Waals surface area contributed by atoms with Crippen LogP contribution < -0.4 is 21.3 Å². The van der Waals surface area contributed by atoms with Gasteiger partial charge in [-0.3, -0.25) is 24.1 Å². The zero-order valence-electron chi connectivity index (χ0n) is 23.3. The summed E-state index contributed by atoms with van der Waals surface area (Å²) in [6.45, 7) is 2.28. The molecule has 2 aliphatic heterocycles. The second kappa shape index (κ2) is 11.0. The number of H-pyrrole nitrogens is 1. The van der Waals surface area contributed by atoms with Gasteiger partial charge < -0.3 is 28.5 Å². The van der Waals surface area contributed by atoms with Crippen LogP contribution in [-0.4, -0.2) is 52.8 Å². The molecule has 0 unspecified atom stereocenters. The van der Waals surface area contributed by atoms with E-state index in [0.29, 0.717) is 42.0 Å². The van der Waals surface area contributed by atoms with Crippen LogP contribution in [-0.2, 0) is 22.6 Å².